The predicted molar refractivity (Wildman–Crippen MR) is 93.6 cm³/mol. The van der Waals surface area contributed by atoms with Crippen LogP contribution in [0.15, 0.2) is 36.5 Å². The molecule has 1 aromatic heterocycles. The molecule has 0 atom stereocenters. The second kappa shape index (κ2) is 8.56. The van der Waals surface area contributed by atoms with Gasteiger partial charge >= 0.3 is 12.2 Å². The molecule has 1 fully saturated rings. The lowest BCUT2D eigenvalue weighted by Crippen LogP contribution is -2.38. The number of ether oxygens (including phenoxy) is 2. The molecule has 1 aliphatic rings. The first kappa shape index (κ1) is 19.4. The minimum atomic E-state index is -4.50. The largest absolute Gasteiger partial charge is 0.494 e. The van der Waals surface area contributed by atoms with Gasteiger partial charge in [-0.1, -0.05) is 18.2 Å². The van der Waals surface area contributed by atoms with E-state index in [1.165, 1.54) is 0 Å². The van der Waals surface area contributed by atoms with Gasteiger partial charge in [-0.15, -0.1) is 0 Å². The number of benzene rings is 1. The molecule has 0 unspecified atom stereocenters. The Bertz CT molecular complexity index is 747. The Balaban J connectivity index is 1.54. The molecule has 3 rings (SSSR count). The number of halogens is 3. The lowest BCUT2D eigenvalue weighted by atomic mass is 10.1. The Morgan fingerprint density at radius 3 is 2.59 bits per heavy atom. The molecule has 5 nitrogen and oxygen atoms in total. The van der Waals surface area contributed by atoms with Crippen molar-refractivity contribution >= 4 is 0 Å². The molecule has 0 saturated carbocycles. The minimum absolute atomic E-state index is 0.188. The third-order valence-electron chi connectivity index (χ3n) is 4.40. The van der Waals surface area contributed by atoms with E-state index >= 15 is 0 Å². The van der Waals surface area contributed by atoms with E-state index in [0.717, 1.165) is 43.2 Å². The summed E-state index contributed by atoms with van der Waals surface area (Å²) in [4.78, 5) is 9.55. The topological polar surface area (TPSA) is 47.5 Å². The quantitative estimate of drug-likeness (QED) is 0.759. The van der Waals surface area contributed by atoms with Crippen LogP contribution in [0.2, 0.25) is 0 Å². The van der Waals surface area contributed by atoms with E-state index in [0.29, 0.717) is 19.4 Å². The van der Waals surface area contributed by atoms with Crippen LogP contribution >= 0.6 is 0 Å². The molecule has 0 radical (unpaired) electrons. The fourth-order valence-corrected chi connectivity index (χ4v) is 3.06. The summed E-state index contributed by atoms with van der Waals surface area (Å²) in [6, 6.07) is 8.56. The fourth-order valence-electron chi connectivity index (χ4n) is 3.06. The summed E-state index contributed by atoms with van der Waals surface area (Å²) in [5.41, 5.74) is 0.136. The van der Waals surface area contributed by atoms with Gasteiger partial charge in [0.2, 0.25) is 0 Å². The zero-order chi connectivity index (χ0) is 19.3. The minimum Gasteiger partial charge on any atom is -0.494 e. The van der Waals surface area contributed by atoms with Gasteiger partial charge in [-0.05, 0) is 31.9 Å². The zero-order valence-electron chi connectivity index (χ0n) is 15.1. The normalized spacial score (nSPS) is 16.3. The van der Waals surface area contributed by atoms with Crippen molar-refractivity contribution < 1.29 is 22.6 Å². The van der Waals surface area contributed by atoms with E-state index in [1.807, 2.05) is 31.2 Å². The Kier molecular flexibility index (Phi) is 6.15. The van der Waals surface area contributed by atoms with Crippen LogP contribution in [0.3, 0.4) is 0 Å². The van der Waals surface area contributed by atoms with Gasteiger partial charge in [-0.2, -0.15) is 18.2 Å². The highest BCUT2D eigenvalue weighted by Gasteiger charge is 2.33. The number of hydrogen-bond acceptors (Lipinski definition) is 5. The van der Waals surface area contributed by atoms with Gasteiger partial charge in [0.05, 0.1) is 6.61 Å². The Labute approximate surface area is 156 Å². The fraction of sp³-hybridized carbons (Fsp3) is 0.474. The molecule has 2 aromatic rings. The molecular formula is C19H22F3N3O2. The number of aromatic nitrogens is 2. The van der Waals surface area contributed by atoms with Gasteiger partial charge in [0.15, 0.2) is 5.69 Å². The maximum atomic E-state index is 12.7. The lowest BCUT2D eigenvalue weighted by molar-refractivity contribution is -0.141. The van der Waals surface area contributed by atoms with E-state index in [2.05, 4.69) is 14.9 Å². The lowest BCUT2D eigenvalue weighted by Gasteiger charge is -2.32. The third kappa shape index (κ3) is 5.32. The molecule has 0 N–H and O–H groups in total. The Morgan fingerprint density at radius 2 is 1.89 bits per heavy atom. The molecule has 8 heteroatoms. The van der Waals surface area contributed by atoms with E-state index in [-0.39, 0.29) is 12.1 Å². The van der Waals surface area contributed by atoms with E-state index in [9.17, 15) is 13.2 Å². The first-order chi connectivity index (χ1) is 13.0. The molecule has 1 saturated heterocycles. The molecule has 2 heterocycles. The van der Waals surface area contributed by atoms with E-state index < -0.39 is 11.9 Å². The van der Waals surface area contributed by atoms with Crippen molar-refractivity contribution in [2.24, 2.45) is 0 Å². The number of alkyl halides is 3. The summed E-state index contributed by atoms with van der Waals surface area (Å²) in [5.74, 6) is 0.885. The van der Waals surface area contributed by atoms with Crippen molar-refractivity contribution in [3.63, 3.8) is 0 Å². The van der Waals surface area contributed by atoms with Crippen LogP contribution in [0.4, 0.5) is 13.2 Å². The van der Waals surface area contributed by atoms with Crippen molar-refractivity contribution in [3.8, 4) is 11.8 Å². The summed E-state index contributed by atoms with van der Waals surface area (Å²) in [5, 5.41) is 0. The van der Waals surface area contributed by atoms with Gasteiger partial charge in [-0.3, -0.25) is 4.90 Å². The average Bonchev–Trinajstić information content (AvgIpc) is 2.65. The van der Waals surface area contributed by atoms with Crippen molar-refractivity contribution in [1.29, 1.82) is 0 Å². The van der Waals surface area contributed by atoms with Crippen LogP contribution in [0.5, 0.6) is 11.8 Å². The SMILES string of the molecule is CCOc1ccccc1CN1CCC(Oc2nccc(C(F)(F)F)n2)CC1. The van der Waals surface area contributed by atoms with Crippen molar-refractivity contribution in [2.45, 2.75) is 38.6 Å². The second-order valence-electron chi connectivity index (χ2n) is 6.36. The van der Waals surface area contributed by atoms with E-state index in [4.69, 9.17) is 9.47 Å². The maximum Gasteiger partial charge on any atom is 0.433 e. The smallest absolute Gasteiger partial charge is 0.433 e. The first-order valence-electron chi connectivity index (χ1n) is 8.95. The average molecular weight is 381 g/mol. The van der Waals surface area contributed by atoms with Crippen LogP contribution in [-0.4, -0.2) is 40.7 Å². The number of rotatable bonds is 6. The summed E-state index contributed by atoms with van der Waals surface area (Å²) in [7, 11) is 0. The molecule has 0 bridgehead atoms. The summed E-state index contributed by atoms with van der Waals surface area (Å²) < 4.78 is 49.4. The highest BCUT2D eigenvalue weighted by atomic mass is 19.4. The standard InChI is InChI=1S/C19H22F3N3O2/c1-2-26-16-6-4-3-5-14(16)13-25-11-8-15(9-12-25)27-18-23-10-7-17(24-18)19(20,21)22/h3-7,10,15H,2,8-9,11-13H2,1H3. The number of likely N-dealkylation sites (tertiary alicyclic amines) is 1. The van der Waals surface area contributed by atoms with Crippen molar-refractivity contribution in [1.82, 2.24) is 14.9 Å². The number of nitrogens with zero attached hydrogens (tertiary/aromatic N) is 3. The number of para-hydroxylation sites is 1. The van der Waals surface area contributed by atoms with Gasteiger partial charge < -0.3 is 9.47 Å². The van der Waals surface area contributed by atoms with Crippen molar-refractivity contribution in [2.75, 3.05) is 19.7 Å². The summed E-state index contributed by atoms with van der Waals surface area (Å²) in [6.45, 7) is 4.90. The molecule has 0 amide bonds. The zero-order valence-corrected chi connectivity index (χ0v) is 15.1. The first-order valence-corrected chi connectivity index (χ1v) is 8.95. The molecule has 27 heavy (non-hydrogen) atoms. The monoisotopic (exact) mass is 381 g/mol. The molecule has 146 valence electrons. The summed E-state index contributed by atoms with van der Waals surface area (Å²) in [6.07, 6.45) is -2.21. The van der Waals surface area contributed by atoms with Gasteiger partial charge in [0, 0.05) is 31.4 Å². The third-order valence-corrected chi connectivity index (χ3v) is 4.40. The molecule has 1 aromatic carbocycles. The van der Waals surface area contributed by atoms with Gasteiger partial charge in [-0.25, -0.2) is 4.98 Å². The molecule has 0 aliphatic carbocycles. The van der Waals surface area contributed by atoms with Crippen LogP contribution in [-0.2, 0) is 12.7 Å². The Hall–Kier alpha value is -2.35. The Morgan fingerprint density at radius 1 is 1.15 bits per heavy atom. The van der Waals surface area contributed by atoms with E-state index in [1.54, 1.807) is 0 Å². The number of piperidine rings is 1. The number of hydrogen-bond donors (Lipinski definition) is 0. The van der Waals surface area contributed by atoms with Crippen LogP contribution in [0.1, 0.15) is 31.0 Å². The second-order valence-corrected chi connectivity index (χ2v) is 6.36. The molecular weight excluding hydrogens is 359 g/mol. The van der Waals surface area contributed by atoms with Crippen LogP contribution in [0, 0.1) is 0 Å². The van der Waals surface area contributed by atoms with Crippen molar-refractivity contribution in [3.05, 3.63) is 47.8 Å². The highest BCUT2D eigenvalue weighted by molar-refractivity contribution is 5.33. The van der Waals surface area contributed by atoms with Gasteiger partial charge in [0.1, 0.15) is 11.9 Å². The van der Waals surface area contributed by atoms with Gasteiger partial charge in [0.25, 0.3) is 0 Å². The highest BCUT2D eigenvalue weighted by Crippen LogP contribution is 2.28. The van der Waals surface area contributed by atoms with Crippen LogP contribution < -0.4 is 9.47 Å². The maximum absolute atomic E-state index is 12.7. The molecule has 0 spiro atoms. The predicted octanol–water partition coefficient (Wildman–Crippen LogP) is 3.94. The molecule has 1 aliphatic heterocycles. The van der Waals surface area contributed by atoms with Crippen LogP contribution in [0.25, 0.3) is 0 Å². The summed E-state index contributed by atoms with van der Waals surface area (Å²) >= 11 is 0.